The molecular formula is C25H20FN3O3. The molecule has 1 aromatic heterocycles. The van der Waals surface area contributed by atoms with Gasteiger partial charge in [0.1, 0.15) is 23.6 Å². The Labute approximate surface area is 183 Å². The molecule has 4 aromatic rings. The molecule has 1 atom stereocenters. The van der Waals surface area contributed by atoms with E-state index in [0.717, 1.165) is 35.7 Å². The number of carbonyl (C=O) groups is 1. The largest absolute Gasteiger partial charge is 0.508 e. The van der Waals surface area contributed by atoms with Crippen molar-refractivity contribution in [3.63, 3.8) is 0 Å². The molecule has 1 aliphatic rings. The van der Waals surface area contributed by atoms with Crippen LogP contribution in [0, 0.1) is 5.82 Å². The molecule has 7 heteroatoms. The Morgan fingerprint density at radius 1 is 1.09 bits per heavy atom. The third kappa shape index (κ3) is 3.22. The van der Waals surface area contributed by atoms with Crippen LogP contribution in [-0.4, -0.2) is 32.1 Å². The summed E-state index contributed by atoms with van der Waals surface area (Å²) in [5, 5.41) is 20.1. The lowest BCUT2D eigenvalue weighted by Crippen LogP contribution is -2.42. The number of phenols is 2. The molecule has 160 valence electrons. The second-order valence-corrected chi connectivity index (χ2v) is 7.96. The molecule has 0 aliphatic carbocycles. The highest BCUT2D eigenvalue weighted by Gasteiger charge is 2.30. The van der Waals surface area contributed by atoms with E-state index in [1.165, 1.54) is 24.5 Å². The number of benzene rings is 3. The molecular weight excluding hydrogens is 409 g/mol. The summed E-state index contributed by atoms with van der Waals surface area (Å²) < 4.78 is 14.6. The van der Waals surface area contributed by atoms with Gasteiger partial charge in [0.2, 0.25) is 0 Å². The number of phenolic OH excluding ortho intramolecular Hbond substituents is 2. The van der Waals surface area contributed by atoms with Gasteiger partial charge >= 0.3 is 0 Å². The number of aromatic nitrogens is 2. The van der Waals surface area contributed by atoms with E-state index < -0.39 is 0 Å². The number of halogens is 1. The number of rotatable bonds is 2. The lowest BCUT2D eigenvalue weighted by atomic mass is 9.92. The van der Waals surface area contributed by atoms with Crippen LogP contribution >= 0.6 is 0 Å². The van der Waals surface area contributed by atoms with Crippen molar-refractivity contribution in [3.8, 4) is 22.8 Å². The average molecular weight is 429 g/mol. The zero-order valence-corrected chi connectivity index (χ0v) is 17.3. The number of nitrogens with zero attached hydrogens (tertiary/aromatic N) is 3. The molecule has 0 spiro atoms. The Hall–Kier alpha value is -4.00. The number of aromatic hydroxyl groups is 2. The lowest BCUT2D eigenvalue weighted by Gasteiger charge is -2.35. The van der Waals surface area contributed by atoms with Crippen molar-refractivity contribution in [1.82, 2.24) is 9.97 Å². The van der Waals surface area contributed by atoms with Crippen LogP contribution in [-0.2, 0) is 6.42 Å². The molecule has 6 nitrogen and oxygen atoms in total. The second kappa shape index (κ2) is 7.60. The van der Waals surface area contributed by atoms with Crippen molar-refractivity contribution in [3.05, 3.63) is 77.9 Å². The van der Waals surface area contributed by atoms with E-state index in [9.17, 15) is 19.4 Å². The molecule has 1 aliphatic heterocycles. The van der Waals surface area contributed by atoms with E-state index in [2.05, 4.69) is 9.97 Å². The first-order valence-corrected chi connectivity index (χ1v) is 10.3. The Balaban J connectivity index is 1.60. The highest BCUT2D eigenvalue weighted by molar-refractivity contribution is 6.09. The van der Waals surface area contributed by atoms with E-state index in [1.807, 2.05) is 25.1 Å². The van der Waals surface area contributed by atoms with E-state index in [4.69, 9.17) is 0 Å². The van der Waals surface area contributed by atoms with Crippen molar-refractivity contribution in [1.29, 1.82) is 0 Å². The summed E-state index contributed by atoms with van der Waals surface area (Å²) in [5.41, 5.74) is 3.58. The zero-order valence-electron chi connectivity index (χ0n) is 17.3. The van der Waals surface area contributed by atoms with Gasteiger partial charge in [0.25, 0.3) is 5.91 Å². The fraction of sp³-hybridized carbons (Fsp3) is 0.160. The second-order valence-electron chi connectivity index (χ2n) is 7.96. The van der Waals surface area contributed by atoms with Crippen LogP contribution in [0.15, 0.2) is 60.9 Å². The molecule has 1 unspecified atom stereocenters. The predicted molar refractivity (Wildman–Crippen MR) is 119 cm³/mol. The predicted octanol–water partition coefficient (Wildman–Crippen LogP) is 4.83. The number of hydrogen-bond donors (Lipinski definition) is 2. The number of carbonyl (C=O) groups excluding carboxylic acids is 1. The molecule has 32 heavy (non-hydrogen) atoms. The Kier molecular flexibility index (Phi) is 4.74. The van der Waals surface area contributed by atoms with Gasteiger partial charge in [-0.3, -0.25) is 4.79 Å². The van der Waals surface area contributed by atoms with Crippen LogP contribution in [0.2, 0.25) is 0 Å². The summed E-state index contributed by atoms with van der Waals surface area (Å²) >= 11 is 0. The summed E-state index contributed by atoms with van der Waals surface area (Å²) in [5.74, 6) is -1.11. The van der Waals surface area contributed by atoms with E-state index in [1.54, 1.807) is 17.0 Å². The van der Waals surface area contributed by atoms with Crippen LogP contribution in [0.25, 0.3) is 22.2 Å². The van der Waals surface area contributed by atoms with Gasteiger partial charge in [-0.05, 0) is 61.7 Å². The number of fused-ring (bicyclic) bond motifs is 2. The molecule has 3 aromatic carbocycles. The smallest absolute Gasteiger partial charge is 0.262 e. The van der Waals surface area contributed by atoms with Crippen molar-refractivity contribution in [2.45, 2.75) is 25.8 Å². The summed E-state index contributed by atoms with van der Waals surface area (Å²) in [6.45, 7) is 1.96. The Morgan fingerprint density at radius 3 is 2.75 bits per heavy atom. The number of anilines is 1. The normalized spacial score (nSPS) is 15.6. The van der Waals surface area contributed by atoms with Crippen molar-refractivity contribution in [2.24, 2.45) is 0 Å². The van der Waals surface area contributed by atoms with Crippen molar-refractivity contribution < 1.29 is 19.4 Å². The van der Waals surface area contributed by atoms with Gasteiger partial charge in [-0.15, -0.1) is 0 Å². The van der Waals surface area contributed by atoms with Crippen LogP contribution < -0.4 is 4.90 Å². The van der Waals surface area contributed by atoms with Gasteiger partial charge in [0, 0.05) is 23.4 Å². The maximum atomic E-state index is 14.6. The first-order chi connectivity index (χ1) is 15.4. The van der Waals surface area contributed by atoms with Crippen LogP contribution in [0.4, 0.5) is 10.1 Å². The molecule has 0 saturated carbocycles. The topological polar surface area (TPSA) is 86.6 Å². The minimum absolute atomic E-state index is 0.0774. The minimum Gasteiger partial charge on any atom is -0.508 e. The maximum absolute atomic E-state index is 14.6. The standard InChI is InChI=1S/C25H20FN3O3/c1-14-5-6-15-11-16(24-23-19(26)3-2-4-20(23)27-13-28-24)7-10-21(15)29(14)25(32)18-9-8-17(30)12-22(18)31/h2-4,7-14,30-31H,5-6H2,1H3. The number of amides is 1. The van der Waals surface area contributed by atoms with E-state index >= 15 is 0 Å². The monoisotopic (exact) mass is 429 g/mol. The van der Waals surface area contributed by atoms with Gasteiger partial charge in [0.05, 0.1) is 22.2 Å². The molecule has 5 rings (SSSR count). The lowest BCUT2D eigenvalue weighted by molar-refractivity contribution is 0.0972. The number of aryl methyl sites for hydroxylation is 1. The Morgan fingerprint density at radius 2 is 1.94 bits per heavy atom. The molecule has 0 bridgehead atoms. The van der Waals surface area contributed by atoms with Crippen molar-refractivity contribution >= 4 is 22.5 Å². The first kappa shape index (κ1) is 19.9. The van der Waals surface area contributed by atoms with E-state index in [0.29, 0.717) is 16.6 Å². The summed E-state index contributed by atoms with van der Waals surface area (Å²) in [7, 11) is 0. The quantitative estimate of drug-likeness (QED) is 0.477. The maximum Gasteiger partial charge on any atom is 0.262 e. The van der Waals surface area contributed by atoms with Gasteiger partial charge < -0.3 is 15.1 Å². The van der Waals surface area contributed by atoms with Crippen LogP contribution in [0.1, 0.15) is 29.3 Å². The third-order valence-electron chi connectivity index (χ3n) is 5.93. The fourth-order valence-corrected chi connectivity index (χ4v) is 4.33. The van der Waals surface area contributed by atoms with Crippen LogP contribution in [0.5, 0.6) is 11.5 Å². The minimum atomic E-state index is -0.385. The van der Waals surface area contributed by atoms with Crippen LogP contribution in [0.3, 0.4) is 0 Å². The molecule has 1 amide bonds. The van der Waals surface area contributed by atoms with Gasteiger partial charge in [0.15, 0.2) is 0 Å². The zero-order chi connectivity index (χ0) is 22.4. The third-order valence-corrected chi connectivity index (χ3v) is 5.93. The molecule has 0 fully saturated rings. The van der Waals surface area contributed by atoms with Gasteiger partial charge in [-0.2, -0.15) is 0 Å². The highest BCUT2D eigenvalue weighted by atomic mass is 19.1. The summed E-state index contributed by atoms with van der Waals surface area (Å²) in [6, 6.07) is 14.2. The molecule has 2 heterocycles. The van der Waals surface area contributed by atoms with Gasteiger partial charge in [-0.25, -0.2) is 14.4 Å². The molecule has 2 N–H and O–H groups in total. The van der Waals surface area contributed by atoms with Gasteiger partial charge in [-0.1, -0.05) is 12.1 Å². The highest BCUT2D eigenvalue weighted by Crippen LogP contribution is 2.37. The first-order valence-electron chi connectivity index (χ1n) is 10.3. The fourth-order valence-electron chi connectivity index (χ4n) is 4.33. The Bertz CT molecular complexity index is 1370. The van der Waals surface area contributed by atoms with Crippen molar-refractivity contribution in [2.75, 3.05) is 4.90 Å². The van der Waals surface area contributed by atoms with E-state index in [-0.39, 0.29) is 34.8 Å². The SMILES string of the molecule is CC1CCc2cc(-c3ncnc4cccc(F)c34)ccc2N1C(=O)c1ccc(O)cc1O. The summed E-state index contributed by atoms with van der Waals surface area (Å²) in [6.07, 6.45) is 2.91. The summed E-state index contributed by atoms with van der Waals surface area (Å²) in [4.78, 5) is 23.5. The molecule has 0 radical (unpaired) electrons. The number of hydrogen-bond acceptors (Lipinski definition) is 5. The molecule has 0 saturated heterocycles. The average Bonchev–Trinajstić information content (AvgIpc) is 2.78.